The van der Waals surface area contributed by atoms with Crippen molar-refractivity contribution in [2.45, 2.75) is 31.4 Å². The molecule has 6 nitrogen and oxygen atoms in total. The standard InChI is InChI=1S/C21H26N2O4/c24-20(16-6-4-5-7-16)23-15-18(27-17-8-2-1-3-9-17)14-19(23)21(25)22-10-12-26-13-11-22/h1-5,8-9,16,18-19H,6-7,10-15H2/t18-,19-/m0/s1. The summed E-state index contributed by atoms with van der Waals surface area (Å²) in [6.07, 6.45) is 6.00. The summed E-state index contributed by atoms with van der Waals surface area (Å²) in [5, 5.41) is 0. The van der Waals surface area contributed by atoms with E-state index in [4.69, 9.17) is 9.47 Å². The van der Waals surface area contributed by atoms with Crippen LogP contribution < -0.4 is 4.74 Å². The van der Waals surface area contributed by atoms with Crippen LogP contribution in [-0.2, 0) is 14.3 Å². The molecule has 0 bridgehead atoms. The number of carbonyl (C=O) groups is 2. The minimum atomic E-state index is -0.440. The molecule has 1 aromatic rings. The van der Waals surface area contributed by atoms with Crippen LogP contribution in [-0.4, -0.2) is 66.6 Å². The molecule has 4 rings (SSSR count). The molecule has 6 heteroatoms. The number of amides is 2. The molecular formula is C21H26N2O4. The lowest BCUT2D eigenvalue weighted by Gasteiger charge is -2.33. The quantitative estimate of drug-likeness (QED) is 0.759. The van der Waals surface area contributed by atoms with Crippen LogP contribution in [0.5, 0.6) is 5.75 Å². The molecule has 3 aliphatic rings. The summed E-state index contributed by atoms with van der Waals surface area (Å²) in [7, 11) is 0. The fourth-order valence-corrected chi connectivity index (χ4v) is 4.10. The van der Waals surface area contributed by atoms with Gasteiger partial charge >= 0.3 is 0 Å². The molecule has 2 saturated heterocycles. The topological polar surface area (TPSA) is 59.1 Å². The predicted octanol–water partition coefficient (Wildman–Crippen LogP) is 1.86. The summed E-state index contributed by atoms with van der Waals surface area (Å²) in [6, 6.07) is 9.16. The zero-order chi connectivity index (χ0) is 18.6. The molecule has 144 valence electrons. The molecule has 1 aliphatic carbocycles. The summed E-state index contributed by atoms with van der Waals surface area (Å²) >= 11 is 0. The molecule has 27 heavy (non-hydrogen) atoms. The van der Waals surface area contributed by atoms with Gasteiger partial charge in [0.25, 0.3) is 0 Å². The Balaban J connectivity index is 1.49. The molecule has 2 amide bonds. The number of likely N-dealkylation sites (tertiary alicyclic amines) is 1. The molecule has 0 radical (unpaired) electrons. The summed E-state index contributed by atoms with van der Waals surface area (Å²) in [5.74, 6) is 0.833. The molecule has 2 heterocycles. The zero-order valence-corrected chi connectivity index (χ0v) is 15.5. The van der Waals surface area contributed by atoms with Gasteiger partial charge in [-0.15, -0.1) is 0 Å². The van der Waals surface area contributed by atoms with Crippen molar-refractivity contribution in [3.05, 3.63) is 42.5 Å². The van der Waals surface area contributed by atoms with Gasteiger partial charge < -0.3 is 19.3 Å². The van der Waals surface area contributed by atoms with Gasteiger partial charge in [-0.1, -0.05) is 30.4 Å². The second-order valence-electron chi connectivity index (χ2n) is 7.37. The highest BCUT2D eigenvalue weighted by Crippen LogP contribution is 2.29. The summed E-state index contributed by atoms with van der Waals surface area (Å²) in [4.78, 5) is 29.8. The number of benzene rings is 1. The van der Waals surface area contributed by atoms with Crippen molar-refractivity contribution in [1.29, 1.82) is 0 Å². The molecule has 2 aliphatic heterocycles. The minimum absolute atomic E-state index is 0.0248. The van der Waals surface area contributed by atoms with Gasteiger partial charge in [0.05, 0.1) is 19.8 Å². The number of allylic oxidation sites excluding steroid dienone is 2. The second-order valence-corrected chi connectivity index (χ2v) is 7.37. The summed E-state index contributed by atoms with van der Waals surface area (Å²) < 4.78 is 11.4. The van der Waals surface area contributed by atoms with Crippen molar-refractivity contribution in [2.24, 2.45) is 5.92 Å². The zero-order valence-electron chi connectivity index (χ0n) is 15.5. The van der Waals surface area contributed by atoms with Gasteiger partial charge in [-0.2, -0.15) is 0 Å². The molecule has 0 saturated carbocycles. The number of hydrogen-bond donors (Lipinski definition) is 0. The molecule has 2 fully saturated rings. The van der Waals surface area contributed by atoms with Crippen molar-refractivity contribution < 1.29 is 19.1 Å². The molecule has 0 aromatic heterocycles. The van der Waals surface area contributed by atoms with E-state index in [2.05, 4.69) is 12.2 Å². The van der Waals surface area contributed by atoms with Crippen LogP contribution in [0.4, 0.5) is 0 Å². The summed E-state index contributed by atoms with van der Waals surface area (Å²) in [6.45, 7) is 2.76. The molecule has 0 unspecified atom stereocenters. The van der Waals surface area contributed by atoms with Crippen molar-refractivity contribution >= 4 is 11.8 Å². The smallest absolute Gasteiger partial charge is 0.245 e. The number of hydrogen-bond acceptors (Lipinski definition) is 4. The number of nitrogens with zero attached hydrogens (tertiary/aromatic N) is 2. The van der Waals surface area contributed by atoms with Crippen molar-refractivity contribution in [2.75, 3.05) is 32.8 Å². The Bertz CT molecular complexity index is 691. The third-order valence-corrected chi connectivity index (χ3v) is 5.56. The maximum Gasteiger partial charge on any atom is 0.245 e. The monoisotopic (exact) mass is 370 g/mol. The van der Waals surface area contributed by atoms with Gasteiger partial charge in [0.2, 0.25) is 11.8 Å². The van der Waals surface area contributed by atoms with Gasteiger partial charge in [-0.3, -0.25) is 9.59 Å². The summed E-state index contributed by atoms with van der Waals surface area (Å²) in [5.41, 5.74) is 0. The van der Waals surface area contributed by atoms with Crippen LogP contribution in [0.3, 0.4) is 0 Å². The Morgan fingerprint density at radius 2 is 1.70 bits per heavy atom. The Morgan fingerprint density at radius 1 is 1.00 bits per heavy atom. The third kappa shape index (κ3) is 4.00. The van der Waals surface area contributed by atoms with Crippen LogP contribution in [0.1, 0.15) is 19.3 Å². The van der Waals surface area contributed by atoms with Gasteiger partial charge in [-0.05, 0) is 25.0 Å². The van der Waals surface area contributed by atoms with Crippen molar-refractivity contribution in [3.8, 4) is 5.75 Å². The maximum atomic E-state index is 13.1. The molecule has 0 spiro atoms. The molecule has 2 atom stereocenters. The van der Waals surface area contributed by atoms with Crippen LogP contribution in [0.15, 0.2) is 42.5 Å². The van der Waals surface area contributed by atoms with E-state index in [0.29, 0.717) is 39.3 Å². The second kappa shape index (κ2) is 8.13. The van der Waals surface area contributed by atoms with E-state index in [1.165, 1.54) is 0 Å². The van der Waals surface area contributed by atoms with E-state index in [-0.39, 0.29) is 23.8 Å². The Morgan fingerprint density at radius 3 is 2.41 bits per heavy atom. The lowest BCUT2D eigenvalue weighted by molar-refractivity contribution is -0.148. The van der Waals surface area contributed by atoms with Gasteiger partial charge in [0.15, 0.2) is 0 Å². The van der Waals surface area contributed by atoms with Crippen LogP contribution in [0, 0.1) is 5.92 Å². The number of rotatable bonds is 4. The van der Waals surface area contributed by atoms with Gasteiger partial charge in [0.1, 0.15) is 17.9 Å². The largest absolute Gasteiger partial charge is 0.488 e. The normalized spacial score (nSPS) is 25.8. The lowest BCUT2D eigenvalue weighted by atomic mass is 10.0. The van der Waals surface area contributed by atoms with Crippen molar-refractivity contribution in [3.63, 3.8) is 0 Å². The number of morpholine rings is 1. The van der Waals surface area contributed by atoms with E-state index >= 15 is 0 Å². The highest BCUT2D eigenvalue weighted by Gasteiger charge is 2.44. The van der Waals surface area contributed by atoms with Crippen LogP contribution in [0.2, 0.25) is 0 Å². The minimum Gasteiger partial charge on any atom is -0.488 e. The number of para-hydroxylation sites is 1. The first-order valence-corrected chi connectivity index (χ1v) is 9.76. The average Bonchev–Trinajstić information content (AvgIpc) is 3.39. The Labute approximate surface area is 159 Å². The molecule has 1 aromatic carbocycles. The Hall–Kier alpha value is -2.34. The first kappa shape index (κ1) is 18.0. The SMILES string of the molecule is O=C([C@@H]1C[C@H](Oc2ccccc2)CN1C(=O)C1CC=CC1)N1CCOCC1. The van der Waals surface area contributed by atoms with Gasteiger partial charge in [-0.25, -0.2) is 0 Å². The van der Waals surface area contributed by atoms with Crippen LogP contribution in [0.25, 0.3) is 0 Å². The van der Waals surface area contributed by atoms with Crippen molar-refractivity contribution in [1.82, 2.24) is 9.80 Å². The first-order chi connectivity index (χ1) is 13.2. The van der Waals surface area contributed by atoms with Crippen LogP contribution >= 0.6 is 0 Å². The fourth-order valence-electron chi connectivity index (χ4n) is 4.10. The van der Waals surface area contributed by atoms with E-state index in [9.17, 15) is 9.59 Å². The fraction of sp³-hybridized carbons (Fsp3) is 0.524. The molecular weight excluding hydrogens is 344 g/mol. The van der Waals surface area contributed by atoms with E-state index in [1.54, 1.807) is 4.90 Å². The maximum absolute atomic E-state index is 13.1. The van der Waals surface area contributed by atoms with E-state index in [0.717, 1.165) is 18.6 Å². The average molecular weight is 370 g/mol. The first-order valence-electron chi connectivity index (χ1n) is 9.76. The lowest BCUT2D eigenvalue weighted by Crippen LogP contribution is -2.51. The highest BCUT2D eigenvalue weighted by molar-refractivity contribution is 5.89. The predicted molar refractivity (Wildman–Crippen MR) is 100 cm³/mol. The third-order valence-electron chi connectivity index (χ3n) is 5.56. The number of ether oxygens (including phenoxy) is 2. The highest BCUT2D eigenvalue weighted by atomic mass is 16.5. The van der Waals surface area contributed by atoms with E-state index < -0.39 is 6.04 Å². The molecule has 0 N–H and O–H groups in total. The van der Waals surface area contributed by atoms with Gasteiger partial charge in [0, 0.05) is 25.4 Å². The Kier molecular flexibility index (Phi) is 5.43. The number of carbonyl (C=O) groups excluding carboxylic acids is 2. The van der Waals surface area contributed by atoms with E-state index in [1.807, 2.05) is 35.2 Å².